The number of amides is 1. The van der Waals surface area contributed by atoms with Crippen LogP contribution in [0.2, 0.25) is 0 Å². The number of likely N-dealkylation sites (N-methyl/N-ethyl adjacent to an activating group) is 2. The normalized spacial score (nSPS) is 10.5. The third-order valence-corrected chi connectivity index (χ3v) is 4.40. The van der Waals surface area contributed by atoms with E-state index in [1.54, 1.807) is 42.3 Å². The van der Waals surface area contributed by atoms with Crippen LogP contribution in [0.4, 0.5) is 0 Å². The number of aromatic nitrogens is 2. The zero-order chi connectivity index (χ0) is 19.6. The summed E-state index contributed by atoms with van der Waals surface area (Å²) in [4.78, 5) is 23.4. The molecule has 1 amide bonds. The number of benzene rings is 1. The Morgan fingerprint density at radius 1 is 1.21 bits per heavy atom. The average molecular weight is 400 g/mol. The van der Waals surface area contributed by atoms with Gasteiger partial charge in [0.1, 0.15) is 0 Å². The predicted molar refractivity (Wildman–Crippen MR) is 111 cm³/mol. The number of halogens is 1. The van der Waals surface area contributed by atoms with Crippen molar-refractivity contribution >= 4 is 29.2 Å². The molecule has 0 radical (unpaired) electrons. The van der Waals surface area contributed by atoms with Crippen molar-refractivity contribution in [2.45, 2.75) is 0 Å². The second-order valence-electron chi connectivity index (χ2n) is 6.68. The number of nitrogens with zero attached hydrogens (tertiary/aromatic N) is 4. The summed E-state index contributed by atoms with van der Waals surface area (Å²) in [6, 6.07) is 10.6. The molecule has 0 saturated carbocycles. The number of carbonyl (C=O) groups is 1. The van der Waals surface area contributed by atoms with Gasteiger partial charge in [-0.1, -0.05) is 0 Å². The van der Waals surface area contributed by atoms with Crippen LogP contribution in [0.15, 0.2) is 36.5 Å². The molecular formula is C20H22ClN5O2. The highest BCUT2D eigenvalue weighted by Crippen LogP contribution is 2.35. The van der Waals surface area contributed by atoms with Crippen molar-refractivity contribution in [3.05, 3.63) is 47.7 Å². The summed E-state index contributed by atoms with van der Waals surface area (Å²) in [7, 11) is 5.68. The van der Waals surface area contributed by atoms with Crippen LogP contribution in [0.5, 0.6) is 5.88 Å². The molecule has 1 aromatic carbocycles. The number of hydrogen-bond donors (Lipinski definition) is 2. The first kappa shape index (κ1) is 21.2. The number of aromatic amines is 1. The van der Waals surface area contributed by atoms with E-state index in [-0.39, 0.29) is 24.2 Å². The second-order valence-corrected chi connectivity index (χ2v) is 6.68. The van der Waals surface area contributed by atoms with Gasteiger partial charge in [-0.2, -0.15) is 5.26 Å². The summed E-state index contributed by atoms with van der Waals surface area (Å²) in [5.74, 6) is -0.124. The Bertz CT molecular complexity index is 1020. The minimum Gasteiger partial charge on any atom is -0.494 e. The van der Waals surface area contributed by atoms with Gasteiger partial charge in [-0.05, 0) is 44.4 Å². The van der Waals surface area contributed by atoms with Gasteiger partial charge in [0.15, 0.2) is 5.88 Å². The number of carbonyl (C=O) groups excluding carboxylic acids is 1. The standard InChI is InChI=1S/C20H21N5O2.ClH/c1-24(2)8-9-25(3)20(27)14-5-7-17(22-12-14)18-15-10-13(11-21)4-6-16(15)23-19(18)26;/h4-7,10,12,23,26H,8-9H2,1-3H3;1H. The Morgan fingerprint density at radius 2 is 1.96 bits per heavy atom. The Kier molecular flexibility index (Phi) is 6.62. The van der Waals surface area contributed by atoms with Crippen LogP contribution >= 0.6 is 12.4 Å². The molecule has 7 nitrogen and oxygen atoms in total. The van der Waals surface area contributed by atoms with Gasteiger partial charge in [0.2, 0.25) is 0 Å². The van der Waals surface area contributed by atoms with E-state index in [1.807, 2.05) is 19.0 Å². The number of pyridine rings is 1. The van der Waals surface area contributed by atoms with Crippen LogP contribution in [0.25, 0.3) is 22.2 Å². The molecule has 0 spiro atoms. The molecule has 3 rings (SSSR count). The van der Waals surface area contributed by atoms with Crippen LogP contribution in [0.3, 0.4) is 0 Å². The molecule has 0 bridgehead atoms. The Hall–Kier alpha value is -3.08. The van der Waals surface area contributed by atoms with Gasteiger partial charge in [-0.15, -0.1) is 12.4 Å². The zero-order valence-corrected chi connectivity index (χ0v) is 16.7. The molecule has 0 fully saturated rings. The lowest BCUT2D eigenvalue weighted by Crippen LogP contribution is -2.33. The number of rotatable bonds is 5. The highest BCUT2D eigenvalue weighted by molar-refractivity contribution is 5.99. The third-order valence-electron chi connectivity index (χ3n) is 4.40. The van der Waals surface area contributed by atoms with Crippen molar-refractivity contribution < 1.29 is 9.90 Å². The van der Waals surface area contributed by atoms with Crippen molar-refractivity contribution in [1.82, 2.24) is 19.8 Å². The lowest BCUT2D eigenvalue weighted by molar-refractivity contribution is 0.0786. The van der Waals surface area contributed by atoms with Crippen molar-refractivity contribution in [3.8, 4) is 23.2 Å². The zero-order valence-electron chi connectivity index (χ0n) is 15.9. The number of hydrogen-bond acceptors (Lipinski definition) is 5. The summed E-state index contributed by atoms with van der Waals surface area (Å²) in [6.45, 7) is 1.39. The van der Waals surface area contributed by atoms with Crippen LogP contribution in [0.1, 0.15) is 15.9 Å². The van der Waals surface area contributed by atoms with E-state index >= 15 is 0 Å². The van der Waals surface area contributed by atoms with Gasteiger partial charge < -0.3 is 19.9 Å². The lowest BCUT2D eigenvalue weighted by atomic mass is 10.1. The van der Waals surface area contributed by atoms with Crippen molar-refractivity contribution in [2.24, 2.45) is 0 Å². The first-order valence-electron chi connectivity index (χ1n) is 8.52. The Balaban J connectivity index is 0.00000280. The minimum absolute atomic E-state index is 0. The minimum atomic E-state index is -0.106. The molecule has 8 heteroatoms. The van der Waals surface area contributed by atoms with E-state index < -0.39 is 0 Å². The fourth-order valence-corrected chi connectivity index (χ4v) is 2.85. The molecule has 0 aliphatic carbocycles. The monoisotopic (exact) mass is 399 g/mol. The molecule has 2 aromatic heterocycles. The second kappa shape index (κ2) is 8.74. The van der Waals surface area contributed by atoms with E-state index in [1.165, 1.54) is 6.20 Å². The fraction of sp³-hybridized carbons (Fsp3) is 0.250. The highest BCUT2D eigenvalue weighted by atomic mass is 35.5. The summed E-state index contributed by atoms with van der Waals surface area (Å²) < 4.78 is 0. The first-order valence-corrected chi connectivity index (χ1v) is 8.52. The largest absolute Gasteiger partial charge is 0.494 e. The lowest BCUT2D eigenvalue weighted by Gasteiger charge is -2.19. The molecule has 0 unspecified atom stereocenters. The topological polar surface area (TPSA) is 96.2 Å². The number of nitriles is 1. The maximum Gasteiger partial charge on any atom is 0.255 e. The average Bonchev–Trinajstić information content (AvgIpc) is 3.00. The number of fused-ring (bicyclic) bond motifs is 1. The molecule has 2 heterocycles. The summed E-state index contributed by atoms with van der Waals surface area (Å²) in [5, 5.41) is 20.1. The SMILES string of the molecule is CN(C)CCN(C)C(=O)c1ccc(-c2c(O)[nH]c3ccc(C#N)cc23)nc1.Cl. The molecule has 146 valence electrons. The molecule has 2 N–H and O–H groups in total. The molecule has 3 aromatic rings. The van der Waals surface area contributed by atoms with Crippen molar-refractivity contribution in [3.63, 3.8) is 0 Å². The third kappa shape index (κ3) is 4.25. The van der Waals surface area contributed by atoms with Gasteiger partial charge in [0.05, 0.1) is 28.5 Å². The molecule has 0 saturated heterocycles. The maximum absolute atomic E-state index is 12.5. The van der Waals surface area contributed by atoms with E-state index in [4.69, 9.17) is 5.26 Å². The van der Waals surface area contributed by atoms with Crippen molar-refractivity contribution in [1.29, 1.82) is 5.26 Å². The summed E-state index contributed by atoms with van der Waals surface area (Å²) in [5.41, 5.74) is 2.74. The smallest absolute Gasteiger partial charge is 0.255 e. The van der Waals surface area contributed by atoms with Crippen LogP contribution < -0.4 is 0 Å². The number of nitrogens with one attached hydrogen (secondary N) is 1. The maximum atomic E-state index is 12.5. The van der Waals surface area contributed by atoms with E-state index in [9.17, 15) is 9.90 Å². The van der Waals surface area contributed by atoms with Crippen LogP contribution in [0, 0.1) is 11.3 Å². The van der Waals surface area contributed by atoms with Crippen molar-refractivity contribution in [2.75, 3.05) is 34.2 Å². The van der Waals surface area contributed by atoms with Gasteiger partial charge in [-0.25, -0.2) is 0 Å². The highest BCUT2D eigenvalue weighted by Gasteiger charge is 2.17. The van der Waals surface area contributed by atoms with E-state index in [0.29, 0.717) is 39.8 Å². The summed E-state index contributed by atoms with van der Waals surface area (Å²) >= 11 is 0. The quantitative estimate of drug-likeness (QED) is 0.687. The molecule has 0 aliphatic heterocycles. The predicted octanol–water partition coefficient (Wildman–Crippen LogP) is 2.86. The molecule has 0 atom stereocenters. The Morgan fingerprint density at radius 3 is 2.57 bits per heavy atom. The first-order chi connectivity index (χ1) is 12.9. The fourth-order valence-electron chi connectivity index (χ4n) is 2.85. The summed E-state index contributed by atoms with van der Waals surface area (Å²) in [6.07, 6.45) is 1.51. The van der Waals surface area contributed by atoms with Crippen LogP contribution in [-0.2, 0) is 0 Å². The van der Waals surface area contributed by atoms with E-state index in [2.05, 4.69) is 16.0 Å². The van der Waals surface area contributed by atoms with Gasteiger partial charge in [0.25, 0.3) is 5.91 Å². The number of aromatic hydroxyl groups is 1. The van der Waals surface area contributed by atoms with Gasteiger partial charge in [0, 0.05) is 37.2 Å². The Labute approximate surface area is 169 Å². The number of H-pyrrole nitrogens is 1. The van der Waals surface area contributed by atoms with Gasteiger partial charge in [-0.3, -0.25) is 9.78 Å². The van der Waals surface area contributed by atoms with Gasteiger partial charge >= 0.3 is 0 Å². The van der Waals surface area contributed by atoms with Crippen LogP contribution in [-0.4, -0.2) is 65.0 Å². The van der Waals surface area contributed by atoms with E-state index in [0.717, 1.165) is 6.54 Å². The molecule has 28 heavy (non-hydrogen) atoms. The molecule has 0 aliphatic rings. The molecular weight excluding hydrogens is 378 g/mol.